The fraction of sp³-hybridized carbons (Fsp3) is 0.667. The van der Waals surface area contributed by atoms with Crippen molar-refractivity contribution in [2.45, 2.75) is 59.9 Å². The van der Waals surface area contributed by atoms with Crippen LogP contribution < -0.4 is 10.6 Å². The zero-order valence-electron chi connectivity index (χ0n) is 19.5. The fourth-order valence-electron chi connectivity index (χ4n) is 3.93. The lowest BCUT2D eigenvalue weighted by atomic mass is 10.0. The quantitative estimate of drug-likeness (QED) is 0.615. The van der Waals surface area contributed by atoms with Crippen molar-refractivity contribution in [3.8, 4) is 0 Å². The number of hydrogen-bond donors (Lipinski definition) is 2. The molecule has 1 aromatic rings. The highest BCUT2D eigenvalue weighted by Crippen LogP contribution is 2.19. The molecule has 6 heteroatoms. The molecule has 1 aliphatic heterocycles. The first-order valence-electron chi connectivity index (χ1n) is 11.3. The Kier molecular flexibility index (Phi) is 9.79. The van der Waals surface area contributed by atoms with Gasteiger partial charge in [0.2, 0.25) is 11.8 Å². The SMILES string of the molecule is Cc1cccc(C)c1NC(=O)CN1CCN(CC(=O)N[C@H](C)CCCC(C)C)CC1. The maximum atomic E-state index is 12.5. The molecule has 30 heavy (non-hydrogen) atoms. The first kappa shape index (κ1) is 24.4. The molecule has 1 atom stereocenters. The van der Waals surface area contributed by atoms with E-state index in [1.54, 1.807) is 0 Å². The van der Waals surface area contributed by atoms with Crippen molar-refractivity contribution in [1.82, 2.24) is 15.1 Å². The molecule has 1 aromatic carbocycles. The Morgan fingerprint density at radius 1 is 0.900 bits per heavy atom. The van der Waals surface area contributed by atoms with Crippen LogP contribution in [-0.2, 0) is 9.59 Å². The van der Waals surface area contributed by atoms with Crippen molar-refractivity contribution in [3.63, 3.8) is 0 Å². The zero-order valence-corrected chi connectivity index (χ0v) is 19.5. The Hall–Kier alpha value is -1.92. The molecule has 6 nitrogen and oxygen atoms in total. The average Bonchev–Trinajstić information content (AvgIpc) is 2.66. The maximum absolute atomic E-state index is 12.5. The van der Waals surface area contributed by atoms with Crippen LogP contribution >= 0.6 is 0 Å². The number of aryl methyl sites for hydroxylation is 2. The topological polar surface area (TPSA) is 64.7 Å². The normalized spacial score (nSPS) is 16.5. The van der Waals surface area contributed by atoms with Crippen LogP contribution in [0.15, 0.2) is 18.2 Å². The van der Waals surface area contributed by atoms with E-state index in [0.717, 1.165) is 55.8 Å². The standard InChI is InChI=1S/C24H40N4O2/c1-18(2)8-6-11-21(5)25-22(29)16-27-12-14-28(15-13-27)17-23(30)26-24-19(3)9-7-10-20(24)4/h7,9-10,18,21H,6,8,11-17H2,1-5H3,(H,25,29)(H,26,30)/t21-/m1/s1. The molecule has 1 aliphatic rings. The van der Waals surface area contributed by atoms with E-state index < -0.39 is 0 Å². The van der Waals surface area contributed by atoms with Crippen molar-refractivity contribution < 1.29 is 9.59 Å². The van der Waals surface area contributed by atoms with Crippen LogP contribution in [0.2, 0.25) is 0 Å². The van der Waals surface area contributed by atoms with Gasteiger partial charge in [-0.2, -0.15) is 0 Å². The number of piperazine rings is 1. The highest BCUT2D eigenvalue weighted by molar-refractivity contribution is 5.93. The van der Waals surface area contributed by atoms with E-state index in [4.69, 9.17) is 0 Å². The van der Waals surface area contributed by atoms with Crippen molar-refractivity contribution in [2.24, 2.45) is 5.92 Å². The van der Waals surface area contributed by atoms with E-state index in [2.05, 4.69) is 41.2 Å². The van der Waals surface area contributed by atoms with Crippen LogP contribution in [0.3, 0.4) is 0 Å². The van der Waals surface area contributed by atoms with Crippen molar-refractivity contribution in [3.05, 3.63) is 29.3 Å². The van der Waals surface area contributed by atoms with Gasteiger partial charge in [0.05, 0.1) is 13.1 Å². The Morgan fingerprint density at radius 3 is 1.97 bits per heavy atom. The molecule has 1 saturated heterocycles. The zero-order chi connectivity index (χ0) is 22.1. The molecule has 0 aliphatic carbocycles. The first-order valence-corrected chi connectivity index (χ1v) is 11.3. The summed E-state index contributed by atoms with van der Waals surface area (Å²) in [6.07, 6.45) is 3.40. The fourth-order valence-corrected chi connectivity index (χ4v) is 3.93. The molecule has 0 bridgehead atoms. The summed E-state index contributed by atoms with van der Waals surface area (Å²) in [5.74, 6) is 0.842. The Morgan fingerprint density at radius 2 is 1.43 bits per heavy atom. The van der Waals surface area contributed by atoms with Crippen LogP contribution in [0.4, 0.5) is 5.69 Å². The van der Waals surface area contributed by atoms with Crippen LogP contribution in [0.25, 0.3) is 0 Å². The van der Waals surface area contributed by atoms with Gasteiger partial charge in [-0.1, -0.05) is 44.9 Å². The number of nitrogens with zero attached hydrogens (tertiary/aromatic N) is 2. The van der Waals surface area contributed by atoms with E-state index in [9.17, 15) is 9.59 Å². The molecule has 0 spiro atoms. The van der Waals surface area contributed by atoms with Gasteiger partial charge >= 0.3 is 0 Å². The summed E-state index contributed by atoms with van der Waals surface area (Å²) in [4.78, 5) is 29.1. The van der Waals surface area contributed by atoms with Gasteiger partial charge < -0.3 is 10.6 Å². The molecular formula is C24H40N4O2. The summed E-state index contributed by atoms with van der Waals surface area (Å²) in [6.45, 7) is 14.6. The summed E-state index contributed by atoms with van der Waals surface area (Å²) < 4.78 is 0. The lowest BCUT2D eigenvalue weighted by Crippen LogP contribution is -2.51. The number of nitrogens with one attached hydrogen (secondary N) is 2. The van der Waals surface area contributed by atoms with E-state index in [1.807, 2.05) is 32.0 Å². The third-order valence-electron chi connectivity index (χ3n) is 5.77. The molecular weight excluding hydrogens is 376 g/mol. The van der Waals surface area contributed by atoms with Crippen LogP contribution in [0, 0.1) is 19.8 Å². The third kappa shape index (κ3) is 8.44. The average molecular weight is 417 g/mol. The second-order valence-electron chi connectivity index (χ2n) is 9.16. The maximum Gasteiger partial charge on any atom is 0.238 e. The predicted octanol–water partition coefficient (Wildman–Crippen LogP) is 3.19. The van der Waals surface area contributed by atoms with Gasteiger partial charge in [-0.05, 0) is 44.2 Å². The number of anilines is 1. The number of amides is 2. The highest BCUT2D eigenvalue weighted by Gasteiger charge is 2.21. The highest BCUT2D eigenvalue weighted by atomic mass is 16.2. The van der Waals surface area contributed by atoms with Crippen molar-refractivity contribution in [1.29, 1.82) is 0 Å². The molecule has 0 radical (unpaired) electrons. The Balaban J connectivity index is 1.67. The summed E-state index contributed by atoms with van der Waals surface area (Å²) in [6, 6.07) is 6.25. The smallest absolute Gasteiger partial charge is 0.238 e. The minimum Gasteiger partial charge on any atom is -0.353 e. The molecule has 0 aromatic heterocycles. The van der Waals surface area contributed by atoms with E-state index >= 15 is 0 Å². The van der Waals surface area contributed by atoms with Gasteiger partial charge in [-0.3, -0.25) is 19.4 Å². The minimum atomic E-state index is 0.0221. The van der Waals surface area contributed by atoms with Gasteiger partial charge in [0, 0.05) is 37.9 Å². The second-order valence-corrected chi connectivity index (χ2v) is 9.16. The van der Waals surface area contributed by atoms with Gasteiger partial charge in [0.1, 0.15) is 0 Å². The van der Waals surface area contributed by atoms with Crippen LogP contribution in [0.5, 0.6) is 0 Å². The Labute approximate surface area is 182 Å². The number of carbonyl (C=O) groups is 2. The molecule has 0 saturated carbocycles. The molecule has 2 amide bonds. The molecule has 2 rings (SSSR count). The van der Waals surface area contributed by atoms with E-state index in [-0.39, 0.29) is 17.9 Å². The Bertz CT molecular complexity index is 676. The van der Waals surface area contributed by atoms with Crippen molar-refractivity contribution in [2.75, 3.05) is 44.6 Å². The monoisotopic (exact) mass is 416 g/mol. The summed E-state index contributed by atoms with van der Waals surface area (Å²) >= 11 is 0. The molecule has 1 heterocycles. The van der Waals surface area contributed by atoms with Crippen LogP contribution in [-0.4, -0.2) is 66.9 Å². The van der Waals surface area contributed by atoms with Gasteiger partial charge in [0.25, 0.3) is 0 Å². The third-order valence-corrected chi connectivity index (χ3v) is 5.77. The summed E-state index contributed by atoms with van der Waals surface area (Å²) in [7, 11) is 0. The minimum absolute atomic E-state index is 0.0221. The van der Waals surface area contributed by atoms with Crippen molar-refractivity contribution >= 4 is 17.5 Å². The largest absolute Gasteiger partial charge is 0.353 e. The number of rotatable bonds is 10. The van der Waals surface area contributed by atoms with Gasteiger partial charge in [-0.15, -0.1) is 0 Å². The second kappa shape index (κ2) is 12.1. The lowest BCUT2D eigenvalue weighted by molar-refractivity contribution is -0.124. The predicted molar refractivity (Wildman–Crippen MR) is 124 cm³/mol. The number of hydrogen-bond acceptors (Lipinski definition) is 4. The molecule has 168 valence electrons. The lowest BCUT2D eigenvalue weighted by Gasteiger charge is -2.34. The van der Waals surface area contributed by atoms with E-state index in [0.29, 0.717) is 19.0 Å². The summed E-state index contributed by atoms with van der Waals surface area (Å²) in [5, 5.41) is 6.18. The number of para-hydroxylation sites is 1. The van der Waals surface area contributed by atoms with Crippen LogP contribution in [0.1, 0.15) is 51.2 Å². The number of benzene rings is 1. The van der Waals surface area contributed by atoms with E-state index in [1.165, 1.54) is 6.42 Å². The first-order chi connectivity index (χ1) is 14.2. The molecule has 0 unspecified atom stereocenters. The van der Waals surface area contributed by atoms with Gasteiger partial charge in [-0.25, -0.2) is 0 Å². The van der Waals surface area contributed by atoms with Gasteiger partial charge in [0.15, 0.2) is 0 Å². The number of carbonyl (C=O) groups excluding carboxylic acids is 2. The molecule has 2 N–H and O–H groups in total. The summed E-state index contributed by atoms with van der Waals surface area (Å²) in [5.41, 5.74) is 3.08. The molecule has 1 fully saturated rings.